The fourth-order valence-corrected chi connectivity index (χ4v) is 4.38. The largest absolute Gasteiger partial charge is 0.372 e. The van der Waals surface area contributed by atoms with Crippen LogP contribution in [0.3, 0.4) is 0 Å². The number of hydrogen-bond donors (Lipinski definition) is 1. The molecule has 8 nitrogen and oxygen atoms in total. The number of nitrogens with zero attached hydrogens (tertiary/aromatic N) is 5. The van der Waals surface area contributed by atoms with Gasteiger partial charge < -0.3 is 19.3 Å². The maximum absolute atomic E-state index is 12.7. The van der Waals surface area contributed by atoms with Crippen molar-refractivity contribution < 1.29 is 9.32 Å². The van der Waals surface area contributed by atoms with Crippen LogP contribution >= 0.6 is 11.8 Å². The fraction of sp³-hybridized carbons (Fsp3) is 0.455. The molecule has 1 aromatic carbocycles. The summed E-state index contributed by atoms with van der Waals surface area (Å²) in [4.78, 5) is 15.0. The van der Waals surface area contributed by atoms with Crippen molar-refractivity contribution in [1.29, 1.82) is 0 Å². The van der Waals surface area contributed by atoms with Crippen LogP contribution in [0.15, 0.2) is 40.0 Å². The zero-order chi connectivity index (χ0) is 22.4. The third-order valence-electron chi connectivity index (χ3n) is 5.08. The summed E-state index contributed by atoms with van der Waals surface area (Å²) in [6.07, 6.45) is 0.651. The zero-order valence-electron chi connectivity index (χ0n) is 18.8. The smallest absolute Gasteiger partial charge is 0.239 e. The molecule has 1 unspecified atom stereocenters. The molecular weight excluding hydrogens is 412 g/mol. The minimum Gasteiger partial charge on any atom is -0.372 e. The first-order chi connectivity index (χ1) is 15.0. The Bertz CT molecular complexity index is 994. The molecule has 31 heavy (non-hydrogen) atoms. The number of hydrogen-bond acceptors (Lipinski definition) is 7. The Morgan fingerprint density at radius 2 is 1.87 bits per heavy atom. The molecule has 0 fully saturated rings. The van der Waals surface area contributed by atoms with Crippen LogP contribution in [0.4, 0.5) is 11.5 Å². The number of aryl methyl sites for hydroxylation is 1. The lowest BCUT2D eigenvalue weighted by Crippen LogP contribution is -2.25. The Labute approximate surface area is 187 Å². The molecule has 0 radical (unpaired) electrons. The van der Waals surface area contributed by atoms with Gasteiger partial charge in [-0.05, 0) is 58.4 Å². The van der Waals surface area contributed by atoms with Crippen molar-refractivity contribution in [2.24, 2.45) is 0 Å². The summed E-state index contributed by atoms with van der Waals surface area (Å²) in [6, 6.07) is 10.1. The van der Waals surface area contributed by atoms with Gasteiger partial charge in [0.2, 0.25) is 5.91 Å². The average Bonchev–Trinajstić information content (AvgIpc) is 3.38. The number of carbonyl (C=O) groups is 1. The van der Waals surface area contributed by atoms with Crippen LogP contribution in [0.2, 0.25) is 0 Å². The molecule has 0 aliphatic heterocycles. The van der Waals surface area contributed by atoms with Crippen molar-refractivity contribution >= 4 is 29.2 Å². The lowest BCUT2D eigenvalue weighted by Gasteiger charge is -2.21. The number of benzene rings is 1. The van der Waals surface area contributed by atoms with E-state index in [1.54, 1.807) is 13.0 Å². The molecule has 0 saturated heterocycles. The second kappa shape index (κ2) is 10.5. The fourth-order valence-electron chi connectivity index (χ4n) is 3.37. The second-order valence-electron chi connectivity index (χ2n) is 7.10. The van der Waals surface area contributed by atoms with Crippen LogP contribution in [0, 0.1) is 6.92 Å². The zero-order valence-corrected chi connectivity index (χ0v) is 19.6. The van der Waals surface area contributed by atoms with E-state index in [-0.39, 0.29) is 11.2 Å². The Kier molecular flexibility index (Phi) is 7.73. The molecule has 9 heteroatoms. The van der Waals surface area contributed by atoms with Gasteiger partial charge in [-0.2, -0.15) is 0 Å². The Hall–Kier alpha value is -2.81. The summed E-state index contributed by atoms with van der Waals surface area (Å²) in [5, 5.41) is 15.9. The number of thioether (sulfide) groups is 1. The van der Waals surface area contributed by atoms with E-state index in [1.165, 1.54) is 17.4 Å². The van der Waals surface area contributed by atoms with Gasteiger partial charge >= 0.3 is 0 Å². The number of aromatic nitrogens is 4. The molecule has 3 rings (SSSR count). The first-order valence-electron chi connectivity index (χ1n) is 10.7. The molecule has 0 spiro atoms. The van der Waals surface area contributed by atoms with Crippen molar-refractivity contribution in [3.8, 4) is 11.4 Å². The van der Waals surface area contributed by atoms with Gasteiger partial charge in [-0.15, -0.1) is 10.2 Å². The van der Waals surface area contributed by atoms with Crippen LogP contribution in [-0.4, -0.2) is 44.2 Å². The number of rotatable bonds is 10. The van der Waals surface area contributed by atoms with Gasteiger partial charge in [0.1, 0.15) is 5.76 Å². The maximum atomic E-state index is 12.7. The summed E-state index contributed by atoms with van der Waals surface area (Å²) in [5.41, 5.74) is 2.20. The molecule has 1 amide bonds. The van der Waals surface area contributed by atoms with E-state index in [2.05, 4.69) is 70.6 Å². The van der Waals surface area contributed by atoms with E-state index in [4.69, 9.17) is 4.52 Å². The van der Waals surface area contributed by atoms with Crippen LogP contribution in [0.5, 0.6) is 0 Å². The van der Waals surface area contributed by atoms with Crippen LogP contribution in [0.1, 0.15) is 39.9 Å². The second-order valence-corrected chi connectivity index (χ2v) is 8.27. The van der Waals surface area contributed by atoms with E-state index in [0.29, 0.717) is 24.5 Å². The minimum absolute atomic E-state index is 0.128. The summed E-state index contributed by atoms with van der Waals surface area (Å²) in [7, 11) is 0. The molecule has 0 saturated carbocycles. The van der Waals surface area contributed by atoms with Crippen LogP contribution < -0.4 is 10.2 Å². The Morgan fingerprint density at radius 3 is 2.42 bits per heavy atom. The maximum Gasteiger partial charge on any atom is 0.239 e. The molecular formula is C22H30N6O2S. The molecule has 0 aliphatic rings. The SMILES string of the molecule is CCC(Sc1nnc(-c2ccc(N(CC)CC)cc2)n1CC)C(=O)Nc1cc(C)on1. The van der Waals surface area contributed by atoms with Gasteiger partial charge in [0, 0.05) is 37.0 Å². The lowest BCUT2D eigenvalue weighted by atomic mass is 10.2. The summed E-state index contributed by atoms with van der Waals surface area (Å²) >= 11 is 1.42. The van der Waals surface area contributed by atoms with Crippen molar-refractivity contribution in [2.75, 3.05) is 23.3 Å². The number of nitrogens with one attached hydrogen (secondary N) is 1. The van der Waals surface area contributed by atoms with E-state index in [9.17, 15) is 4.79 Å². The highest BCUT2D eigenvalue weighted by molar-refractivity contribution is 8.00. The van der Waals surface area contributed by atoms with Crippen molar-refractivity contribution in [3.05, 3.63) is 36.1 Å². The minimum atomic E-state index is -0.315. The van der Waals surface area contributed by atoms with Crippen molar-refractivity contribution in [2.45, 2.75) is 58.0 Å². The molecule has 2 heterocycles. The van der Waals surface area contributed by atoms with E-state index < -0.39 is 0 Å². The lowest BCUT2D eigenvalue weighted by molar-refractivity contribution is -0.115. The normalized spacial score (nSPS) is 12.0. The highest BCUT2D eigenvalue weighted by atomic mass is 32.2. The van der Waals surface area contributed by atoms with Crippen LogP contribution in [-0.2, 0) is 11.3 Å². The molecule has 0 bridgehead atoms. The first kappa shape index (κ1) is 22.9. The highest BCUT2D eigenvalue weighted by Crippen LogP contribution is 2.29. The summed E-state index contributed by atoms with van der Waals surface area (Å²) < 4.78 is 7.07. The Balaban J connectivity index is 1.77. The summed E-state index contributed by atoms with van der Waals surface area (Å²) in [6.45, 7) is 12.8. The molecule has 2 aromatic heterocycles. The van der Waals surface area contributed by atoms with Gasteiger partial charge in [-0.1, -0.05) is 23.8 Å². The van der Waals surface area contributed by atoms with E-state index in [0.717, 1.165) is 29.6 Å². The monoisotopic (exact) mass is 442 g/mol. The third kappa shape index (κ3) is 5.28. The van der Waals surface area contributed by atoms with Gasteiger partial charge in [-0.25, -0.2) is 0 Å². The van der Waals surface area contributed by atoms with Crippen molar-refractivity contribution in [3.63, 3.8) is 0 Å². The molecule has 166 valence electrons. The predicted molar refractivity (Wildman–Crippen MR) is 124 cm³/mol. The predicted octanol–water partition coefficient (Wildman–Crippen LogP) is 4.62. The number of carbonyl (C=O) groups excluding carboxylic acids is 1. The van der Waals surface area contributed by atoms with Gasteiger partial charge in [-0.3, -0.25) is 4.79 Å². The Morgan fingerprint density at radius 1 is 1.16 bits per heavy atom. The van der Waals surface area contributed by atoms with Gasteiger partial charge in [0.15, 0.2) is 16.8 Å². The number of anilines is 2. The highest BCUT2D eigenvalue weighted by Gasteiger charge is 2.23. The van der Waals surface area contributed by atoms with Gasteiger partial charge in [0.05, 0.1) is 5.25 Å². The average molecular weight is 443 g/mol. The number of amides is 1. The molecule has 1 atom stereocenters. The van der Waals surface area contributed by atoms with E-state index >= 15 is 0 Å². The quantitative estimate of drug-likeness (QED) is 0.458. The molecule has 1 N–H and O–H groups in total. The standard InChI is InChI=1S/C22H30N6O2S/c1-6-18(21(29)23-19-14-15(5)30-26-19)31-22-25-24-20(28(22)9-4)16-10-12-17(13-11-16)27(7-2)8-3/h10-14,18H,6-9H2,1-5H3,(H,23,26,29). The summed E-state index contributed by atoms with van der Waals surface area (Å²) in [5.74, 6) is 1.75. The first-order valence-corrected chi connectivity index (χ1v) is 11.6. The van der Waals surface area contributed by atoms with Gasteiger partial charge in [0.25, 0.3) is 0 Å². The third-order valence-corrected chi connectivity index (χ3v) is 6.42. The molecule has 3 aromatic rings. The van der Waals surface area contributed by atoms with E-state index in [1.807, 2.05) is 11.5 Å². The topological polar surface area (TPSA) is 89.1 Å². The van der Waals surface area contributed by atoms with Crippen LogP contribution in [0.25, 0.3) is 11.4 Å². The van der Waals surface area contributed by atoms with Crippen molar-refractivity contribution in [1.82, 2.24) is 19.9 Å². The molecule has 0 aliphatic carbocycles.